The van der Waals surface area contributed by atoms with E-state index in [1.807, 2.05) is 20.8 Å². The standard InChI is InChI=1S/C7H12N2OS/c1-7(2,3)6-8-5(4-11)9-10-6/h11H,4H2,1-3H3. The maximum Gasteiger partial charge on any atom is 0.232 e. The summed E-state index contributed by atoms with van der Waals surface area (Å²) in [4.78, 5) is 4.15. The second kappa shape index (κ2) is 2.85. The van der Waals surface area contributed by atoms with E-state index in [0.29, 0.717) is 17.5 Å². The van der Waals surface area contributed by atoms with Crippen molar-refractivity contribution in [2.45, 2.75) is 31.9 Å². The Balaban J connectivity index is 2.89. The first-order chi connectivity index (χ1) is 5.04. The highest BCUT2D eigenvalue weighted by Gasteiger charge is 2.20. The minimum atomic E-state index is -0.0613. The van der Waals surface area contributed by atoms with Gasteiger partial charge in [-0.2, -0.15) is 17.6 Å². The summed E-state index contributed by atoms with van der Waals surface area (Å²) in [5.74, 6) is 1.85. The van der Waals surface area contributed by atoms with E-state index in [0.717, 1.165) is 0 Å². The number of hydrogen-bond donors (Lipinski definition) is 1. The maximum atomic E-state index is 5.01. The van der Waals surface area contributed by atoms with E-state index in [-0.39, 0.29) is 5.41 Å². The fourth-order valence-electron chi connectivity index (χ4n) is 0.623. The molecule has 1 aromatic heterocycles. The zero-order valence-corrected chi connectivity index (χ0v) is 7.85. The van der Waals surface area contributed by atoms with Gasteiger partial charge in [-0.1, -0.05) is 25.9 Å². The van der Waals surface area contributed by atoms with Gasteiger partial charge in [0.1, 0.15) is 0 Å². The van der Waals surface area contributed by atoms with Crippen LogP contribution in [0.1, 0.15) is 32.5 Å². The molecule has 0 fully saturated rings. The predicted octanol–water partition coefficient (Wildman–Crippen LogP) is 1.80. The van der Waals surface area contributed by atoms with Crippen LogP contribution < -0.4 is 0 Å². The Morgan fingerprint density at radius 3 is 2.36 bits per heavy atom. The summed E-state index contributed by atoms with van der Waals surface area (Å²) in [5.41, 5.74) is -0.0613. The predicted molar refractivity (Wildman–Crippen MR) is 45.7 cm³/mol. The molecule has 0 saturated carbocycles. The zero-order valence-electron chi connectivity index (χ0n) is 6.96. The molecule has 0 unspecified atom stereocenters. The molecule has 11 heavy (non-hydrogen) atoms. The lowest BCUT2D eigenvalue weighted by atomic mass is 9.97. The summed E-state index contributed by atoms with van der Waals surface area (Å²) in [5, 5.41) is 3.74. The van der Waals surface area contributed by atoms with Crippen molar-refractivity contribution in [1.82, 2.24) is 10.1 Å². The summed E-state index contributed by atoms with van der Waals surface area (Å²) >= 11 is 4.03. The molecular weight excluding hydrogens is 160 g/mol. The fourth-order valence-corrected chi connectivity index (χ4v) is 0.751. The molecule has 0 radical (unpaired) electrons. The van der Waals surface area contributed by atoms with Gasteiger partial charge in [0, 0.05) is 5.41 Å². The minimum absolute atomic E-state index is 0.0613. The van der Waals surface area contributed by atoms with Gasteiger partial charge in [0.15, 0.2) is 5.82 Å². The molecule has 0 spiro atoms. The third kappa shape index (κ3) is 1.96. The normalized spacial score (nSPS) is 12.0. The summed E-state index contributed by atoms with van der Waals surface area (Å²) in [7, 11) is 0. The van der Waals surface area contributed by atoms with Gasteiger partial charge in [-0.05, 0) is 0 Å². The average molecular weight is 172 g/mol. The molecule has 0 aliphatic carbocycles. The van der Waals surface area contributed by atoms with Crippen LogP contribution in [0.2, 0.25) is 0 Å². The van der Waals surface area contributed by atoms with Crippen molar-refractivity contribution in [3.05, 3.63) is 11.7 Å². The number of hydrogen-bond acceptors (Lipinski definition) is 4. The molecule has 0 amide bonds. The van der Waals surface area contributed by atoms with Crippen LogP contribution in [0.3, 0.4) is 0 Å². The Bertz CT molecular complexity index is 239. The van der Waals surface area contributed by atoms with Gasteiger partial charge in [-0.3, -0.25) is 0 Å². The molecule has 1 aromatic rings. The fraction of sp³-hybridized carbons (Fsp3) is 0.714. The second-order valence-corrected chi connectivity index (χ2v) is 3.74. The highest BCUT2D eigenvalue weighted by Crippen LogP contribution is 2.19. The third-order valence-corrected chi connectivity index (χ3v) is 1.53. The molecule has 0 N–H and O–H groups in total. The highest BCUT2D eigenvalue weighted by atomic mass is 32.1. The summed E-state index contributed by atoms with van der Waals surface area (Å²) in [6.45, 7) is 6.09. The molecule has 0 aliphatic heterocycles. The molecule has 0 aromatic carbocycles. The van der Waals surface area contributed by atoms with Crippen LogP contribution in [0.4, 0.5) is 0 Å². The van der Waals surface area contributed by atoms with E-state index in [2.05, 4.69) is 22.8 Å². The molecule has 0 atom stereocenters. The van der Waals surface area contributed by atoms with Crippen LogP contribution in [0.15, 0.2) is 4.52 Å². The Kier molecular flexibility index (Phi) is 2.23. The summed E-state index contributed by atoms with van der Waals surface area (Å²) in [6.07, 6.45) is 0. The summed E-state index contributed by atoms with van der Waals surface area (Å²) in [6, 6.07) is 0. The first-order valence-electron chi connectivity index (χ1n) is 3.48. The molecular formula is C7H12N2OS. The van der Waals surface area contributed by atoms with E-state index in [9.17, 15) is 0 Å². The van der Waals surface area contributed by atoms with Gasteiger partial charge in [-0.25, -0.2) is 0 Å². The van der Waals surface area contributed by atoms with Crippen molar-refractivity contribution < 1.29 is 4.52 Å². The molecule has 62 valence electrons. The SMILES string of the molecule is CC(C)(C)c1nc(CS)no1. The van der Waals surface area contributed by atoms with Crippen molar-refractivity contribution in [1.29, 1.82) is 0 Å². The Labute approximate surface area is 71.6 Å². The lowest BCUT2D eigenvalue weighted by Gasteiger charge is -2.10. The molecule has 0 bridgehead atoms. The van der Waals surface area contributed by atoms with Gasteiger partial charge in [0.25, 0.3) is 0 Å². The highest BCUT2D eigenvalue weighted by molar-refractivity contribution is 7.79. The van der Waals surface area contributed by atoms with E-state index < -0.39 is 0 Å². The lowest BCUT2D eigenvalue weighted by Crippen LogP contribution is -2.11. The number of aromatic nitrogens is 2. The first kappa shape index (κ1) is 8.59. The maximum absolute atomic E-state index is 5.01. The molecule has 3 nitrogen and oxygen atoms in total. The molecule has 0 saturated heterocycles. The van der Waals surface area contributed by atoms with Gasteiger partial charge in [0.2, 0.25) is 5.89 Å². The van der Waals surface area contributed by atoms with E-state index in [4.69, 9.17) is 4.52 Å². The van der Waals surface area contributed by atoms with Crippen LogP contribution in [-0.4, -0.2) is 10.1 Å². The van der Waals surface area contributed by atoms with Crippen molar-refractivity contribution in [2.24, 2.45) is 0 Å². The van der Waals surface area contributed by atoms with Crippen LogP contribution in [-0.2, 0) is 11.2 Å². The Morgan fingerprint density at radius 1 is 1.45 bits per heavy atom. The number of thiol groups is 1. The zero-order chi connectivity index (χ0) is 8.48. The van der Waals surface area contributed by atoms with Crippen LogP contribution in [0.5, 0.6) is 0 Å². The monoisotopic (exact) mass is 172 g/mol. The van der Waals surface area contributed by atoms with Gasteiger partial charge >= 0.3 is 0 Å². The Hall–Kier alpha value is -0.510. The second-order valence-electron chi connectivity index (χ2n) is 3.42. The van der Waals surface area contributed by atoms with E-state index in [1.54, 1.807) is 0 Å². The van der Waals surface area contributed by atoms with E-state index >= 15 is 0 Å². The molecule has 0 aliphatic rings. The van der Waals surface area contributed by atoms with Crippen molar-refractivity contribution >= 4 is 12.6 Å². The number of nitrogens with zero attached hydrogens (tertiary/aromatic N) is 2. The van der Waals surface area contributed by atoms with Crippen LogP contribution in [0.25, 0.3) is 0 Å². The molecule has 1 heterocycles. The molecule has 4 heteroatoms. The van der Waals surface area contributed by atoms with Crippen LogP contribution in [0, 0.1) is 0 Å². The topological polar surface area (TPSA) is 38.9 Å². The average Bonchev–Trinajstić information content (AvgIpc) is 2.32. The number of rotatable bonds is 1. The smallest absolute Gasteiger partial charge is 0.232 e. The lowest BCUT2D eigenvalue weighted by molar-refractivity contribution is 0.319. The van der Waals surface area contributed by atoms with Gasteiger partial charge in [-0.15, -0.1) is 0 Å². The largest absolute Gasteiger partial charge is 0.339 e. The minimum Gasteiger partial charge on any atom is -0.339 e. The van der Waals surface area contributed by atoms with Crippen molar-refractivity contribution in [3.8, 4) is 0 Å². The quantitative estimate of drug-likeness (QED) is 0.656. The third-order valence-electron chi connectivity index (χ3n) is 1.25. The molecule has 1 rings (SSSR count). The first-order valence-corrected chi connectivity index (χ1v) is 4.11. The summed E-state index contributed by atoms with van der Waals surface area (Å²) < 4.78 is 5.01. The van der Waals surface area contributed by atoms with Crippen molar-refractivity contribution in [3.63, 3.8) is 0 Å². The van der Waals surface area contributed by atoms with E-state index in [1.165, 1.54) is 0 Å². The van der Waals surface area contributed by atoms with Crippen LogP contribution >= 0.6 is 12.6 Å². The van der Waals surface area contributed by atoms with Crippen molar-refractivity contribution in [2.75, 3.05) is 0 Å². The Morgan fingerprint density at radius 2 is 2.09 bits per heavy atom. The van der Waals surface area contributed by atoms with Gasteiger partial charge < -0.3 is 4.52 Å². The van der Waals surface area contributed by atoms with Gasteiger partial charge in [0.05, 0.1) is 5.75 Å².